The zero-order valence-corrected chi connectivity index (χ0v) is 15.5. The third-order valence-electron chi connectivity index (χ3n) is 4.68. The fraction of sp³-hybridized carbons (Fsp3) is 0.182. The van der Waals surface area contributed by atoms with Crippen molar-refractivity contribution in [3.63, 3.8) is 0 Å². The van der Waals surface area contributed by atoms with Gasteiger partial charge in [-0.3, -0.25) is 4.79 Å². The van der Waals surface area contributed by atoms with E-state index in [2.05, 4.69) is 0 Å². The predicted octanol–water partition coefficient (Wildman–Crippen LogP) is 3.83. The Hall–Kier alpha value is -3.34. The molecule has 5 nitrogen and oxygen atoms in total. The highest BCUT2D eigenvalue weighted by Gasteiger charge is 2.39. The number of carbonyl (C=O) groups is 2. The first-order chi connectivity index (χ1) is 12.9. The zero-order valence-electron chi connectivity index (χ0n) is 15.5. The van der Waals surface area contributed by atoms with Crippen molar-refractivity contribution in [2.45, 2.75) is 19.9 Å². The normalized spacial score (nSPS) is 16.8. The minimum absolute atomic E-state index is 0.0876. The summed E-state index contributed by atoms with van der Waals surface area (Å²) in [6.45, 7) is 3.66. The fourth-order valence-corrected chi connectivity index (χ4v) is 3.33. The monoisotopic (exact) mass is 363 g/mol. The second-order valence-electron chi connectivity index (χ2n) is 6.37. The molecule has 0 saturated carbocycles. The van der Waals surface area contributed by atoms with E-state index in [9.17, 15) is 14.7 Å². The number of nitrogens with zero attached hydrogens (tertiary/aromatic N) is 1. The van der Waals surface area contributed by atoms with Crippen LogP contribution in [0.25, 0.3) is 6.08 Å². The molecule has 1 aliphatic rings. The van der Waals surface area contributed by atoms with Crippen LogP contribution in [0.1, 0.15) is 31.0 Å². The summed E-state index contributed by atoms with van der Waals surface area (Å²) in [6, 6.07) is 15.9. The summed E-state index contributed by atoms with van der Waals surface area (Å²) in [4.78, 5) is 27.2. The average molecular weight is 363 g/mol. The number of aromatic hydroxyl groups is 1. The summed E-state index contributed by atoms with van der Waals surface area (Å²) >= 11 is 0. The molecule has 27 heavy (non-hydrogen) atoms. The van der Waals surface area contributed by atoms with Gasteiger partial charge in [-0.1, -0.05) is 42.5 Å². The topological polar surface area (TPSA) is 66.8 Å². The molecule has 2 aromatic rings. The average Bonchev–Trinajstić information content (AvgIpc) is 2.91. The Labute approximate surface area is 158 Å². The van der Waals surface area contributed by atoms with Crippen LogP contribution in [0.2, 0.25) is 0 Å². The van der Waals surface area contributed by atoms with Gasteiger partial charge in [-0.15, -0.1) is 0 Å². The maximum Gasteiger partial charge on any atom is 0.340 e. The van der Waals surface area contributed by atoms with E-state index in [4.69, 9.17) is 4.74 Å². The second-order valence-corrected chi connectivity index (χ2v) is 6.37. The Kier molecular flexibility index (Phi) is 5.12. The molecule has 2 aromatic carbocycles. The molecule has 0 fully saturated rings. The van der Waals surface area contributed by atoms with Gasteiger partial charge in [0.25, 0.3) is 5.91 Å². The number of benzene rings is 2. The molecule has 3 rings (SSSR count). The van der Waals surface area contributed by atoms with Crippen molar-refractivity contribution in [1.29, 1.82) is 0 Å². The highest BCUT2D eigenvalue weighted by atomic mass is 16.5. The second kappa shape index (κ2) is 7.50. The number of hydrogen-bond acceptors (Lipinski definition) is 4. The lowest BCUT2D eigenvalue weighted by atomic mass is 10.0. The first-order valence-corrected chi connectivity index (χ1v) is 8.63. The number of carbonyl (C=O) groups excluding carboxylic acids is 2. The van der Waals surface area contributed by atoms with Crippen LogP contribution < -0.4 is 0 Å². The molecule has 0 aromatic heterocycles. The molecule has 0 bridgehead atoms. The molecule has 0 aliphatic carbocycles. The summed E-state index contributed by atoms with van der Waals surface area (Å²) in [5, 5.41) is 9.69. The standard InChI is InChI=1S/C22H21NO4/c1-14(17-9-5-4-6-10-17)23-15(2)20(22(26)27-3)19(21(23)25)13-16-8-7-11-18(24)12-16/h4-14,24H,1-3H3/b19-13-/t14-/m1/s1. The van der Waals surface area contributed by atoms with Gasteiger partial charge in [-0.25, -0.2) is 4.79 Å². The number of phenols is 1. The molecule has 1 heterocycles. The Morgan fingerprint density at radius 1 is 1.15 bits per heavy atom. The molecular formula is C22H21NO4. The molecule has 1 amide bonds. The van der Waals surface area contributed by atoms with E-state index in [-0.39, 0.29) is 28.8 Å². The van der Waals surface area contributed by atoms with Gasteiger partial charge in [0.05, 0.1) is 24.3 Å². The lowest BCUT2D eigenvalue weighted by Gasteiger charge is -2.26. The number of hydrogen-bond donors (Lipinski definition) is 1. The number of rotatable bonds is 4. The minimum atomic E-state index is -0.560. The molecule has 138 valence electrons. The van der Waals surface area contributed by atoms with Gasteiger partial charge in [-0.05, 0) is 43.2 Å². The molecule has 1 aliphatic heterocycles. The van der Waals surface area contributed by atoms with E-state index >= 15 is 0 Å². The van der Waals surface area contributed by atoms with Crippen LogP contribution in [0.15, 0.2) is 71.4 Å². The Bertz CT molecular complexity index is 944. The summed E-state index contributed by atoms with van der Waals surface area (Å²) in [5.74, 6) is -0.743. The quantitative estimate of drug-likeness (QED) is 0.662. The molecule has 1 N–H and O–H groups in total. The molecule has 5 heteroatoms. The number of esters is 1. The van der Waals surface area contributed by atoms with Crippen LogP contribution in [-0.4, -0.2) is 29.0 Å². The smallest absolute Gasteiger partial charge is 0.340 e. The predicted molar refractivity (Wildman–Crippen MR) is 103 cm³/mol. The van der Waals surface area contributed by atoms with Gasteiger partial charge in [0.15, 0.2) is 0 Å². The van der Waals surface area contributed by atoms with E-state index in [1.807, 2.05) is 37.3 Å². The Morgan fingerprint density at radius 2 is 1.85 bits per heavy atom. The van der Waals surface area contributed by atoms with Crippen LogP contribution >= 0.6 is 0 Å². The molecule has 1 atom stereocenters. The minimum Gasteiger partial charge on any atom is -0.508 e. The van der Waals surface area contributed by atoms with Gasteiger partial charge < -0.3 is 14.7 Å². The maximum atomic E-state index is 13.2. The van der Waals surface area contributed by atoms with E-state index in [0.29, 0.717) is 11.3 Å². The van der Waals surface area contributed by atoms with E-state index in [1.165, 1.54) is 13.2 Å². The van der Waals surface area contributed by atoms with Crippen molar-refractivity contribution in [1.82, 2.24) is 4.90 Å². The van der Waals surface area contributed by atoms with E-state index < -0.39 is 5.97 Å². The molecule has 0 saturated heterocycles. The molecule has 0 unspecified atom stereocenters. The summed E-state index contributed by atoms with van der Waals surface area (Å²) < 4.78 is 4.91. The number of methoxy groups -OCH3 is 1. The van der Waals surface area contributed by atoms with Crippen molar-refractivity contribution in [3.05, 3.63) is 82.6 Å². The van der Waals surface area contributed by atoms with Crippen LogP contribution in [0.5, 0.6) is 5.75 Å². The lowest BCUT2D eigenvalue weighted by Crippen LogP contribution is -2.28. The van der Waals surface area contributed by atoms with E-state index in [0.717, 1.165) is 5.56 Å². The highest BCUT2D eigenvalue weighted by molar-refractivity contribution is 6.16. The van der Waals surface area contributed by atoms with Gasteiger partial charge in [0.1, 0.15) is 5.75 Å². The van der Waals surface area contributed by atoms with Crippen molar-refractivity contribution in [3.8, 4) is 5.75 Å². The van der Waals surface area contributed by atoms with Crippen molar-refractivity contribution in [2.75, 3.05) is 7.11 Å². The van der Waals surface area contributed by atoms with Crippen molar-refractivity contribution < 1.29 is 19.4 Å². The number of allylic oxidation sites excluding steroid dienone is 1. The fourth-order valence-electron chi connectivity index (χ4n) is 3.33. The first-order valence-electron chi connectivity index (χ1n) is 8.63. The number of phenolic OH excluding ortho intramolecular Hbond substituents is 1. The number of ether oxygens (including phenoxy) is 1. The summed E-state index contributed by atoms with van der Waals surface area (Å²) in [6.07, 6.45) is 1.61. The molecule has 0 radical (unpaired) electrons. The van der Waals surface area contributed by atoms with Crippen LogP contribution in [0.3, 0.4) is 0 Å². The van der Waals surface area contributed by atoms with Gasteiger partial charge in [-0.2, -0.15) is 0 Å². The Morgan fingerprint density at radius 3 is 2.48 bits per heavy atom. The number of amides is 1. The zero-order chi connectivity index (χ0) is 19.6. The SMILES string of the molecule is COC(=O)C1=C(C)N([C@H](C)c2ccccc2)C(=O)/C1=C\c1cccc(O)c1. The van der Waals surface area contributed by atoms with Gasteiger partial charge in [0, 0.05) is 5.70 Å². The summed E-state index contributed by atoms with van der Waals surface area (Å²) in [7, 11) is 1.29. The third-order valence-corrected chi connectivity index (χ3v) is 4.68. The van der Waals surface area contributed by atoms with Crippen molar-refractivity contribution in [2.24, 2.45) is 0 Å². The lowest BCUT2D eigenvalue weighted by molar-refractivity contribution is -0.136. The first kappa shape index (κ1) is 18.5. The van der Waals surface area contributed by atoms with Crippen molar-refractivity contribution >= 4 is 18.0 Å². The van der Waals surface area contributed by atoms with Gasteiger partial charge >= 0.3 is 5.97 Å². The van der Waals surface area contributed by atoms with Crippen LogP contribution in [-0.2, 0) is 14.3 Å². The highest BCUT2D eigenvalue weighted by Crippen LogP contribution is 2.37. The molecule has 0 spiro atoms. The largest absolute Gasteiger partial charge is 0.508 e. The van der Waals surface area contributed by atoms with Crippen LogP contribution in [0, 0.1) is 0 Å². The summed E-state index contributed by atoms with van der Waals surface area (Å²) in [5.41, 5.74) is 2.64. The maximum absolute atomic E-state index is 13.2. The Balaban J connectivity index is 2.09. The third kappa shape index (κ3) is 3.49. The molecular weight excluding hydrogens is 342 g/mol. The van der Waals surface area contributed by atoms with E-state index in [1.54, 1.807) is 36.1 Å². The van der Waals surface area contributed by atoms with Crippen LogP contribution in [0.4, 0.5) is 0 Å². The van der Waals surface area contributed by atoms with Gasteiger partial charge in [0.2, 0.25) is 0 Å².